The lowest BCUT2D eigenvalue weighted by atomic mass is 10.1. The molecule has 2 aromatic carbocycles. The van der Waals surface area contributed by atoms with Crippen LogP contribution in [0.3, 0.4) is 0 Å². The second-order valence-electron chi connectivity index (χ2n) is 5.62. The van der Waals surface area contributed by atoms with E-state index < -0.39 is 0 Å². The van der Waals surface area contributed by atoms with Gasteiger partial charge in [0, 0.05) is 18.2 Å². The third kappa shape index (κ3) is 3.51. The summed E-state index contributed by atoms with van der Waals surface area (Å²) in [6.07, 6.45) is -0.101. The molecular formula is C19H21NO4. The number of ether oxygens (including phenoxy) is 3. The van der Waals surface area contributed by atoms with Crippen LogP contribution in [0.25, 0.3) is 0 Å². The minimum atomic E-state index is -0.101. The minimum Gasteiger partial charge on any atom is -0.497 e. The molecule has 1 heterocycles. The molecule has 1 aliphatic rings. The van der Waals surface area contributed by atoms with Crippen molar-refractivity contribution >= 4 is 5.91 Å². The monoisotopic (exact) mass is 327 g/mol. The first kappa shape index (κ1) is 16.3. The molecule has 5 nitrogen and oxygen atoms in total. The number of hydrogen-bond donors (Lipinski definition) is 0. The van der Waals surface area contributed by atoms with Gasteiger partial charge in [0.2, 0.25) is 0 Å². The van der Waals surface area contributed by atoms with Crippen molar-refractivity contribution in [3.63, 3.8) is 0 Å². The predicted octanol–water partition coefficient (Wildman–Crippen LogP) is 2.92. The molecule has 1 saturated heterocycles. The fraction of sp³-hybridized carbons (Fsp3) is 0.316. The van der Waals surface area contributed by atoms with Gasteiger partial charge in [-0.2, -0.15) is 0 Å². The number of carbonyl (C=O) groups excluding carboxylic acids is 1. The molecule has 5 heteroatoms. The zero-order chi connectivity index (χ0) is 16.9. The summed E-state index contributed by atoms with van der Waals surface area (Å²) in [5, 5.41) is 0. The van der Waals surface area contributed by atoms with Crippen LogP contribution >= 0.6 is 0 Å². The molecule has 0 N–H and O–H groups in total. The Bertz CT molecular complexity index is 680. The fourth-order valence-electron chi connectivity index (χ4n) is 2.82. The third-order valence-corrected chi connectivity index (χ3v) is 4.12. The Hall–Kier alpha value is -2.53. The van der Waals surface area contributed by atoms with Gasteiger partial charge in [0.25, 0.3) is 5.91 Å². The Morgan fingerprint density at radius 1 is 1.08 bits per heavy atom. The first-order chi connectivity index (χ1) is 11.7. The average Bonchev–Trinajstić information content (AvgIpc) is 2.67. The molecule has 0 bridgehead atoms. The van der Waals surface area contributed by atoms with Crippen molar-refractivity contribution < 1.29 is 19.0 Å². The second-order valence-corrected chi connectivity index (χ2v) is 5.62. The Labute approximate surface area is 141 Å². The fourth-order valence-corrected chi connectivity index (χ4v) is 2.82. The summed E-state index contributed by atoms with van der Waals surface area (Å²) in [6.45, 7) is 1.62. The third-order valence-electron chi connectivity index (χ3n) is 4.12. The first-order valence-corrected chi connectivity index (χ1v) is 7.90. The van der Waals surface area contributed by atoms with Crippen molar-refractivity contribution in [2.24, 2.45) is 0 Å². The summed E-state index contributed by atoms with van der Waals surface area (Å²) in [7, 11) is 3.15. The Morgan fingerprint density at radius 3 is 2.38 bits per heavy atom. The van der Waals surface area contributed by atoms with Gasteiger partial charge in [-0.15, -0.1) is 0 Å². The van der Waals surface area contributed by atoms with Gasteiger partial charge in [0.15, 0.2) is 0 Å². The lowest BCUT2D eigenvalue weighted by molar-refractivity contribution is -0.0228. The van der Waals surface area contributed by atoms with E-state index in [0.717, 1.165) is 5.56 Å². The van der Waals surface area contributed by atoms with E-state index in [9.17, 15) is 4.79 Å². The topological polar surface area (TPSA) is 48.0 Å². The molecule has 126 valence electrons. The highest BCUT2D eigenvalue weighted by atomic mass is 16.5. The van der Waals surface area contributed by atoms with E-state index in [1.807, 2.05) is 35.2 Å². The number of nitrogens with zero attached hydrogens (tertiary/aromatic N) is 1. The van der Waals surface area contributed by atoms with Crippen molar-refractivity contribution in [3.8, 4) is 11.5 Å². The quantitative estimate of drug-likeness (QED) is 0.866. The molecule has 1 amide bonds. The maximum Gasteiger partial charge on any atom is 0.254 e. The molecule has 24 heavy (non-hydrogen) atoms. The van der Waals surface area contributed by atoms with E-state index in [1.165, 1.54) is 0 Å². The van der Waals surface area contributed by atoms with Crippen LogP contribution in [0.15, 0.2) is 48.5 Å². The van der Waals surface area contributed by atoms with Crippen molar-refractivity contribution in [3.05, 3.63) is 59.7 Å². The number of benzene rings is 2. The van der Waals surface area contributed by atoms with E-state index >= 15 is 0 Å². The molecule has 1 fully saturated rings. The van der Waals surface area contributed by atoms with Gasteiger partial charge in [-0.05, 0) is 17.7 Å². The zero-order valence-corrected chi connectivity index (χ0v) is 13.9. The second kappa shape index (κ2) is 7.36. The average molecular weight is 327 g/mol. The van der Waals surface area contributed by atoms with Crippen molar-refractivity contribution in [1.29, 1.82) is 0 Å². The van der Waals surface area contributed by atoms with Crippen LogP contribution in [0.1, 0.15) is 22.0 Å². The normalized spacial score (nSPS) is 17.4. The Balaban J connectivity index is 1.79. The highest BCUT2D eigenvalue weighted by Crippen LogP contribution is 2.26. The highest BCUT2D eigenvalue weighted by molar-refractivity contribution is 5.95. The molecule has 0 spiro atoms. The van der Waals surface area contributed by atoms with Crippen LogP contribution in [-0.4, -0.2) is 44.7 Å². The number of methoxy groups -OCH3 is 2. The highest BCUT2D eigenvalue weighted by Gasteiger charge is 2.26. The number of hydrogen-bond acceptors (Lipinski definition) is 4. The molecule has 3 rings (SSSR count). The van der Waals surface area contributed by atoms with Crippen LogP contribution in [0, 0.1) is 0 Å². The molecule has 1 atom stereocenters. The van der Waals surface area contributed by atoms with E-state index in [4.69, 9.17) is 14.2 Å². The largest absolute Gasteiger partial charge is 0.497 e. The van der Waals surface area contributed by atoms with Crippen LogP contribution in [0.2, 0.25) is 0 Å². The van der Waals surface area contributed by atoms with Crippen molar-refractivity contribution in [2.45, 2.75) is 6.10 Å². The minimum absolute atomic E-state index is 0.0450. The van der Waals surface area contributed by atoms with Crippen LogP contribution in [-0.2, 0) is 4.74 Å². The molecule has 0 saturated carbocycles. The van der Waals surface area contributed by atoms with Crippen LogP contribution in [0.5, 0.6) is 11.5 Å². The summed E-state index contributed by atoms with van der Waals surface area (Å²) < 4.78 is 16.3. The van der Waals surface area contributed by atoms with Crippen LogP contribution < -0.4 is 9.47 Å². The van der Waals surface area contributed by atoms with Gasteiger partial charge in [-0.3, -0.25) is 4.79 Å². The summed E-state index contributed by atoms with van der Waals surface area (Å²) in [6, 6.07) is 15.2. The predicted molar refractivity (Wildman–Crippen MR) is 90.6 cm³/mol. The maximum absolute atomic E-state index is 12.9. The maximum atomic E-state index is 12.9. The van der Waals surface area contributed by atoms with Crippen LogP contribution in [0.4, 0.5) is 0 Å². The van der Waals surface area contributed by atoms with Gasteiger partial charge in [0.1, 0.15) is 17.6 Å². The van der Waals surface area contributed by atoms with Gasteiger partial charge >= 0.3 is 0 Å². The van der Waals surface area contributed by atoms with Gasteiger partial charge in [0.05, 0.1) is 27.4 Å². The van der Waals surface area contributed by atoms with E-state index in [2.05, 4.69) is 0 Å². The van der Waals surface area contributed by atoms with Gasteiger partial charge < -0.3 is 19.1 Å². The summed E-state index contributed by atoms with van der Waals surface area (Å²) in [5.74, 6) is 1.16. The lowest BCUT2D eigenvalue weighted by Gasteiger charge is -2.33. The molecule has 0 radical (unpaired) electrons. The SMILES string of the molecule is COc1cc(OC)cc(C(=O)N2CCO[C@@H](c3ccccc3)C2)c1. The Morgan fingerprint density at radius 2 is 1.75 bits per heavy atom. The van der Waals surface area contributed by atoms with Gasteiger partial charge in [-0.1, -0.05) is 30.3 Å². The number of morpholine rings is 1. The van der Waals surface area contributed by atoms with E-state index in [-0.39, 0.29) is 12.0 Å². The lowest BCUT2D eigenvalue weighted by Crippen LogP contribution is -2.42. The van der Waals surface area contributed by atoms with E-state index in [0.29, 0.717) is 36.8 Å². The van der Waals surface area contributed by atoms with Gasteiger partial charge in [-0.25, -0.2) is 0 Å². The van der Waals surface area contributed by atoms with Crippen molar-refractivity contribution in [2.75, 3.05) is 33.9 Å². The summed E-state index contributed by atoms with van der Waals surface area (Å²) in [4.78, 5) is 14.7. The summed E-state index contributed by atoms with van der Waals surface area (Å²) >= 11 is 0. The number of rotatable bonds is 4. The smallest absolute Gasteiger partial charge is 0.254 e. The van der Waals surface area contributed by atoms with E-state index in [1.54, 1.807) is 32.4 Å². The first-order valence-electron chi connectivity index (χ1n) is 7.90. The molecule has 2 aromatic rings. The zero-order valence-electron chi connectivity index (χ0n) is 13.9. The molecule has 0 aliphatic carbocycles. The number of amides is 1. The summed E-state index contributed by atoms with van der Waals surface area (Å²) in [5.41, 5.74) is 1.64. The molecule has 0 unspecified atom stereocenters. The molecule has 0 aromatic heterocycles. The number of carbonyl (C=O) groups is 1. The van der Waals surface area contributed by atoms with Crippen molar-refractivity contribution in [1.82, 2.24) is 4.90 Å². The standard InChI is InChI=1S/C19H21NO4/c1-22-16-10-15(11-17(12-16)23-2)19(21)20-8-9-24-18(13-20)14-6-4-3-5-7-14/h3-7,10-12,18H,8-9,13H2,1-2H3/t18-/m1/s1. The molecule has 1 aliphatic heterocycles. The molecular weight excluding hydrogens is 306 g/mol. The Kier molecular flexibility index (Phi) is 5.01.